The van der Waals surface area contributed by atoms with Gasteiger partial charge in [-0.3, -0.25) is 9.59 Å². The summed E-state index contributed by atoms with van der Waals surface area (Å²) in [5.41, 5.74) is 7.87. The van der Waals surface area contributed by atoms with Gasteiger partial charge in [-0.15, -0.1) is 0 Å². The summed E-state index contributed by atoms with van der Waals surface area (Å²) < 4.78 is 5.22. The molecule has 1 fully saturated rings. The fraction of sp³-hybridized carbons (Fsp3) is 0.333. The lowest BCUT2D eigenvalue weighted by Gasteiger charge is -2.20. The summed E-state index contributed by atoms with van der Waals surface area (Å²) >= 11 is 0. The summed E-state index contributed by atoms with van der Waals surface area (Å²) in [5, 5.41) is 3.10. The number of furan rings is 1. The number of amides is 2. The fourth-order valence-corrected chi connectivity index (χ4v) is 2.87. The minimum absolute atomic E-state index is 0.0139. The average Bonchev–Trinajstić information content (AvgIpc) is 3.25. The third-order valence-corrected chi connectivity index (χ3v) is 4.23. The molecule has 0 radical (unpaired) electrons. The van der Waals surface area contributed by atoms with E-state index in [-0.39, 0.29) is 18.4 Å². The lowest BCUT2D eigenvalue weighted by Crippen LogP contribution is -2.31. The van der Waals surface area contributed by atoms with E-state index in [0.717, 1.165) is 24.0 Å². The molecule has 0 bridgehead atoms. The number of rotatable bonds is 6. The molecular weight excluding hydrogens is 292 g/mol. The highest BCUT2D eigenvalue weighted by Gasteiger charge is 2.34. The van der Waals surface area contributed by atoms with Crippen LogP contribution in [0.4, 0.5) is 0 Å². The summed E-state index contributed by atoms with van der Waals surface area (Å²) in [6, 6.07) is 9.65. The van der Waals surface area contributed by atoms with Crippen molar-refractivity contribution in [3.63, 3.8) is 0 Å². The quantitative estimate of drug-likeness (QED) is 0.859. The third-order valence-electron chi connectivity index (χ3n) is 4.23. The second-order valence-electron chi connectivity index (χ2n) is 6.05. The minimum Gasteiger partial charge on any atom is -0.468 e. The van der Waals surface area contributed by atoms with Crippen molar-refractivity contribution in [1.29, 1.82) is 0 Å². The Morgan fingerprint density at radius 3 is 2.70 bits per heavy atom. The molecule has 120 valence electrons. The van der Waals surface area contributed by atoms with Crippen LogP contribution in [0.1, 0.15) is 46.1 Å². The molecule has 1 aromatic carbocycles. The van der Waals surface area contributed by atoms with Crippen LogP contribution in [-0.4, -0.2) is 11.8 Å². The summed E-state index contributed by atoms with van der Waals surface area (Å²) in [6.07, 6.45) is 3.55. The van der Waals surface area contributed by atoms with E-state index in [2.05, 4.69) is 11.4 Å². The van der Waals surface area contributed by atoms with Crippen molar-refractivity contribution < 1.29 is 14.0 Å². The van der Waals surface area contributed by atoms with Gasteiger partial charge in [0.1, 0.15) is 5.76 Å². The molecule has 1 aliphatic rings. The van der Waals surface area contributed by atoms with Crippen molar-refractivity contribution in [3.05, 3.63) is 59.0 Å². The maximum Gasteiger partial charge on any atom is 0.255 e. The van der Waals surface area contributed by atoms with Crippen LogP contribution in [0, 0.1) is 12.8 Å². The van der Waals surface area contributed by atoms with Gasteiger partial charge < -0.3 is 15.5 Å². The van der Waals surface area contributed by atoms with E-state index in [4.69, 9.17) is 10.2 Å². The molecule has 3 rings (SSSR count). The lowest BCUT2D eigenvalue weighted by atomic mass is 9.97. The average molecular weight is 312 g/mol. The normalized spacial score (nSPS) is 15.2. The predicted molar refractivity (Wildman–Crippen MR) is 85.7 cm³/mol. The van der Waals surface area contributed by atoms with Gasteiger partial charge in [0.25, 0.3) is 5.91 Å². The van der Waals surface area contributed by atoms with Crippen molar-refractivity contribution in [2.24, 2.45) is 11.7 Å². The maximum absolute atomic E-state index is 12.6. The Morgan fingerprint density at radius 2 is 2.04 bits per heavy atom. The third kappa shape index (κ3) is 3.44. The van der Waals surface area contributed by atoms with E-state index < -0.39 is 5.91 Å². The number of aryl methyl sites for hydroxylation is 1. The van der Waals surface area contributed by atoms with Crippen LogP contribution in [0.5, 0.6) is 0 Å². The van der Waals surface area contributed by atoms with E-state index in [0.29, 0.717) is 17.2 Å². The minimum atomic E-state index is -0.522. The second kappa shape index (κ2) is 6.28. The zero-order chi connectivity index (χ0) is 16.4. The lowest BCUT2D eigenvalue weighted by molar-refractivity contribution is -0.117. The monoisotopic (exact) mass is 312 g/mol. The molecule has 2 aromatic rings. The first-order valence-electron chi connectivity index (χ1n) is 7.77. The van der Waals surface area contributed by atoms with Crippen LogP contribution in [-0.2, 0) is 11.2 Å². The number of nitrogens with one attached hydrogen (secondary N) is 1. The number of carbonyl (C=O) groups is 2. The van der Waals surface area contributed by atoms with Crippen LogP contribution in [0.15, 0.2) is 41.0 Å². The molecule has 1 aliphatic carbocycles. The van der Waals surface area contributed by atoms with Gasteiger partial charge in [0.15, 0.2) is 0 Å². The molecule has 2 amide bonds. The molecule has 0 saturated heterocycles. The van der Waals surface area contributed by atoms with E-state index in [1.807, 2.05) is 25.1 Å². The van der Waals surface area contributed by atoms with Gasteiger partial charge in [-0.2, -0.15) is 0 Å². The Bertz CT molecular complexity index is 731. The SMILES string of the molecule is Cc1ccccc1[C@@H](NC(=O)c1ccoc1CC(N)=O)C1CC1. The number of hydrogen-bond acceptors (Lipinski definition) is 3. The Balaban J connectivity index is 1.81. The molecule has 3 N–H and O–H groups in total. The summed E-state index contributed by atoms with van der Waals surface area (Å²) in [4.78, 5) is 23.7. The topological polar surface area (TPSA) is 85.3 Å². The van der Waals surface area contributed by atoms with E-state index in [1.54, 1.807) is 6.07 Å². The van der Waals surface area contributed by atoms with Crippen molar-refractivity contribution in [2.75, 3.05) is 0 Å². The van der Waals surface area contributed by atoms with Gasteiger partial charge >= 0.3 is 0 Å². The van der Waals surface area contributed by atoms with Crippen LogP contribution >= 0.6 is 0 Å². The molecule has 1 aromatic heterocycles. The van der Waals surface area contributed by atoms with Crippen molar-refractivity contribution in [3.8, 4) is 0 Å². The van der Waals surface area contributed by atoms with E-state index >= 15 is 0 Å². The van der Waals surface area contributed by atoms with Crippen molar-refractivity contribution >= 4 is 11.8 Å². The first-order valence-corrected chi connectivity index (χ1v) is 7.77. The first-order chi connectivity index (χ1) is 11.1. The second-order valence-corrected chi connectivity index (χ2v) is 6.05. The molecule has 5 nitrogen and oxygen atoms in total. The van der Waals surface area contributed by atoms with E-state index in [9.17, 15) is 9.59 Å². The Morgan fingerprint density at radius 1 is 1.30 bits per heavy atom. The van der Waals surface area contributed by atoms with Gasteiger partial charge in [-0.25, -0.2) is 0 Å². The van der Waals surface area contributed by atoms with Crippen molar-refractivity contribution in [2.45, 2.75) is 32.2 Å². The summed E-state index contributed by atoms with van der Waals surface area (Å²) in [5.74, 6) is 0.0303. The van der Waals surface area contributed by atoms with Gasteiger partial charge in [-0.1, -0.05) is 24.3 Å². The predicted octanol–water partition coefficient (Wildman–Crippen LogP) is 2.50. The van der Waals surface area contributed by atoms with Crippen LogP contribution in [0.3, 0.4) is 0 Å². The van der Waals surface area contributed by atoms with Crippen LogP contribution in [0.25, 0.3) is 0 Å². The van der Waals surface area contributed by atoms with Gasteiger partial charge in [0.05, 0.1) is 24.3 Å². The number of hydrogen-bond donors (Lipinski definition) is 2. The summed E-state index contributed by atoms with van der Waals surface area (Å²) in [6.45, 7) is 2.05. The largest absolute Gasteiger partial charge is 0.468 e. The highest BCUT2D eigenvalue weighted by atomic mass is 16.3. The molecule has 0 spiro atoms. The fourth-order valence-electron chi connectivity index (χ4n) is 2.87. The first kappa shape index (κ1) is 15.3. The number of nitrogens with two attached hydrogens (primary N) is 1. The maximum atomic E-state index is 12.6. The van der Waals surface area contributed by atoms with Gasteiger partial charge in [0, 0.05) is 0 Å². The molecule has 0 unspecified atom stereocenters. The molecule has 0 aliphatic heterocycles. The zero-order valence-corrected chi connectivity index (χ0v) is 13.0. The highest BCUT2D eigenvalue weighted by Crippen LogP contribution is 2.42. The zero-order valence-electron chi connectivity index (χ0n) is 13.0. The summed E-state index contributed by atoms with van der Waals surface area (Å²) in [7, 11) is 0. The Labute approximate surface area is 134 Å². The van der Waals surface area contributed by atoms with Crippen LogP contribution < -0.4 is 11.1 Å². The molecule has 1 atom stereocenters. The molecular formula is C18H20N2O3. The van der Waals surface area contributed by atoms with Crippen molar-refractivity contribution in [1.82, 2.24) is 5.32 Å². The number of benzene rings is 1. The van der Waals surface area contributed by atoms with E-state index in [1.165, 1.54) is 6.26 Å². The van der Waals surface area contributed by atoms with Gasteiger partial charge in [-0.05, 0) is 42.9 Å². The highest BCUT2D eigenvalue weighted by molar-refractivity contribution is 5.96. The standard InChI is InChI=1S/C18H20N2O3/c1-11-4-2-3-5-13(11)17(12-6-7-12)20-18(22)14-8-9-23-15(14)10-16(19)21/h2-5,8-9,12,17H,6-7,10H2,1H3,(H2,19,21)(H,20,22)/t17-/m0/s1. The van der Waals surface area contributed by atoms with Gasteiger partial charge in [0.2, 0.25) is 5.91 Å². The number of primary amides is 1. The Hall–Kier alpha value is -2.56. The molecule has 1 heterocycles. The smallest absolute Gasteiger partial charge is 0.255 e. The molecule has 5 heteroatoms. The number of carbonyl (C=O) groups excluding carboxylic acids is 2. The van der Waals surface area contributed by atoms with Crippen LogP contribution in [0.2, 0.25) is 0 Å². The Kier molecular flexibility index (Phi) is 4.19. The molecule has 23 heavy (non-hydrogen) atoms. The molecule has 1 saturated carbocycles.